The van der Waals surface area contributed by atoms with E-state index in [1.165, 1.54) is 32.1 Å². The molecule has 2 aliphatic rings. The molecule has 1 aliphatic carbocycles. The van der Waals surface area contributed by atoms with Crippen molar-refractivity contribution >= 4 is 0 Å². The monoisotopic (exact) mass is 213 g/mol. The first-order valence-corrected chi connectivity index (χ1v) is 6.32. The second-order valence-corrected chi connectivity index (χ2v) is 5.06. The van der Waals surface area contributed by atoms with Crippen molar-refractivity contribution in [2.45, 2.75) is 63.2 Å². The molecule has 2 rings (SSSR count). The Bertz CT molecular complexity index is 188. The lowest BCUT2D eigenvalue weighted by atomic mass is 9.81. The zero-order chi connectivity index (χ0) is 10.7. The molecule has 3 unspecified atom stereocenters. The zero-order valence-corrected chi connectivity index (χ0v) is 9.40. The van der Waals surface area contributed by atoms with E-state index in [4.69, 9.17) is 10.5 Å². The Morgan fingerprint density at radius 3 is 2.40 bits per heavy atom. The van der Waals surface area contributed by atoms with Crippen molar-refractivity contribution in [2.75, 3.05) is 6.61 Å². The molecular formula is C12H23NO2. The minimum atomic E-state index is -0.337. The van der Waals surface area contributed by atoms with Crippen LogP contribution in [0.5, 0.6) is 0 Å². The fraction of sp³-hybridized carbons (Fsp3) is 1.00. The first-order valence-electron chi connectivity index (χ1n) is 6.32. The van der Waals surface area contributed by atoms with Crippen LogP contribution < -0.4 is 5.73 Å². The van der Waals surface area contributed by atoms with Crippen molar-refractivity contribution in [3.05, 3.63) is 0 Å². The molecule has 0 amide bonds. The Morgan fingerprint density at radius 2 is 1.87 bits per heavy atom. The summed E-state index contributed by atoms with van der Waals surface area (Å²) in [5.41, 5.74) is 6.15. The summed E-state index contributed by atoms with van der Waals surface area (Å²) in [4.78, 5) is 0. The number of nitrogens with two attached hydrogens (primary N) is 1. The Labute approximate surface area is 92.0 Å². The molecule has 3 nitrogen and oxygen atoms in total. The minimum absolute atomic E-state index is 0.0691. The molecule has 3 N–H and O–H groups in total. The smallest absolute Gasteiger partial charge is 0.0856 e. The van der Waals surface area contributed by atoms with Gasteiger partial charge in [0.15, 0.2) is 0 Å². The average molecular weight is 213 g/mol. The number of hydrogen-bond donors (Lipinski definition) is 2. The minimum Gasteiger partial charge on any atom is -0.390 e. The van der Waals surface area contributed by atoms with Crippen LogP contribution in [0.2, 0.25) is 0 Å². The van der Waals surface area contributed by atoms with Crippen molar-refractivity contribution in [1.82, 2.24) is 0 Å². The van der Waals surface area contributed by atoms with Gasteiger partial charge in [-0.25, -0.2) is 0 Å². The molecule has 88 valence electrons. The van der Waals surface area contributed by atoms with E-state index in [1.807, 2.05) is 0 Å². The molecule has 0 bridgehead atoms. The Hall–Kier alpha value is -0.120. The van der Waals surface area contributed by atoms with E-state index in [9.17, 15) is 5.11 Å². The van der Waals surface area contributed by atoms with Crippen molar-refractivity contribution in [2.24, 2.45) is 11.7 Å². The van der Waals surface area contributed by atoms with E-state index in [1.54, 1.807) is 0 Å². The molecule has 0 radical (unpaired) electrons. The molecule has 3 atom stereocenters. The number of rotatable bonds is 4. The Morgan fingerprint density at radius 1 is 1.20 bits per heavy atom. The third-order valence-corrected chi connectivity index (χ3v) is 3.93. The van der Waals surface area contributed by atoms with E-state index < -0.39 is 0 Å². The fourth-order valence-corrected chi connectivity index (χ4v) is 2.74. The van der Waals surface area contributed by atoms with Gasteiger partial charge in [0.05, 0.1) is 12.2 Å². The van der Waals surface area contributed by atoms with Crippen LogP contribution >= 0.6 is 0 Å². The van der Waals surface area contributed by atoms with Crippen molar-refractivity contribution in [3.63, 3.8) is 0 Å². The van der Waals surface area contributed by atoms with Gasteiger partial charge in [0.25, 0.3) is 0 Å². The number of ether oxygens (including phenoxy) is 1. The predicted octanol–water partition coefficient (Wildman–Crippen LogP) is 1.43. The number of aliphatic hydroxyl groups excluding tert-OH is 1. The molecule has 1 aliphatic heterocycles. The topological polar surface area (TPSA) is 55.5 Å². The molecule has 1 saturated heterocycles. The second-order valence-electron chi connectivity index (χ2n) is 5.06. The maximum atomic E-state index is 9.87. The molecule has 1 heterocycles. The molecule has 3 heteroatoms. The van der Waals surface area contributed by atoms with Gasteiger partial charge in [-0.2, -0.15) is 0 Å². The molecule has 0 aromatic carbocycles. The summed E-state index contributed by atoms with van der Waals surface area (Å²) in [5.74, 6) is 0.633. The highest BCUT2D eigenvalue weighted by molar-refractivity contribution is 4.83. The molecule has 0 aromatic rings. The molecule has 2 fully saturated rings. The van der Waals surface area contributed by atoms with Gasteiger partial charge in [0.2, 0.25) is 0 Å². The summed E-state index contributed by atoms with van der Waals surface area (Å²) >= 11 is 0. The van der Waals surface area contributed by atoms with E-state index >= 15 is 0 Å². The molecule has 15 heavy (non-hydrogen) atoms. The third kappa shape index (κ3) is 2.92. The number of hydrogen-bond acceptors (Lipinski definition) is 3. The van der Waals surface area contributed by atoms with Gasteiger partial charge in [0, 0.05) is 12.6 Å². The summed E-state index contributed by atoms with van der Waals surface area (Å²) in [5, 5.41) is 9.87. The van der Waals surface area contributed by atoms with Crippen molar-refractivity contribution < 1.29 is 9.84 Å². The summed E-state index contributed by atoms with van der Waals surface area (Å²) in [6.45, 7) is 0.806. The van der Waals surface area contributed by atoms with Gasteiger partial charge in [0.1, 0.15) is 0 Å². The normalized spacial score (nSPS) is 32.0. The van der Waals surface area contributed by atoms with Crippen LogP contribution in [0.25, 0.3) is 0 Å². The highest BCUT2D eigenvalue weighted by Crippen LogP contribution is 2.28. The summed E-state index contributed by atoms with van der Waals surface area (Å²) in [7, 11) is 0. The van der Waals surface area contributed by atoms with Crippen LogP contribution in [-0.4, -0.2) is 30.0 Å². The second kappa shape index (κ2) is 5.28. The van der Waals surface area contributed by atoms with Crippen LogP contribution in [0.4, 0.5) is 0 Å². The lowest BCUT2D eigenvalue weighted by Gasteiger charge is -2.34. The van der Waals surface area contributed by atoms with Gasteiger partial charge in [-0.1, -0.05) is 19.3 Å². The van der Waals surface area contributed by atoms with Crippen LogP contribution in [0.1, 0.15) is 44.9 Å². The maximum Gasteiger partial charge on any atom is 0.0856 e. The van der Waals surface area contributed by atoms with Crippen LogP contribution in [-0.2, 0) is 4.74 Å². The largest absolute Gasteiger partial charge is 0.390 e. The van der Waals surface area contributed by atoms with Crippen molar-refractivity contribution in [1.29, 1.82) is 0 Å². The van der Waals surface area contributed by atoms with Crippen molar-refractivity contribution in [3.8, 4) is 0 Å². The van der Waals surface area contributed by atoms with Gasteiger partial charge in [-0.15, -0.1) is 0 Å². The van der Waals surface area contributed by atoms with E-state index in [0.29, 0.717) is 5.92 Å². The highest BCUT2D eigenvalue weighted by Gasteiger charge is 2.30. The lowest BCUT2D eigenvalue weighted by Crippen LogP contribution is -2.43. The molecular weight excluding hydrogens is 190 g/mol. The zero-order valence-electron chi connectivity index (χ0n) is 9.40. The average Bonchev–Trinajstić information content (AvgIpc) is 2.16. The van der Waals surface area contributed by atoms with Crippen LogP contribution in [0, 0.1) is 5.92 Å². The predicted molar refractivity (Wildman–Crippen MR) is 59.5 cm³/mol. The first-order chi connectivity index (χ1) is 7.27. The fourth-order valence-electron chi connectivity index (χ4n) is 2.74. The quantitative estimate of drug-likeness (QED) is 0.743. The molecule has 1 saturated carbocycles. The summed E-state index contributed by atoms with van der Waals surface area (Å²) in [6, 6.07) is 0.171. The van der Waals surface area contributed by atoms with E-state index in [-0.39, 0.29) is 18.2 Å². The molecule has 0 spiro atoms. The third-order valence-electron chi connectivity index (χ3n) is 3.93. The van der Waals surface area contributed by atoms with E-state index in [2.05, 4.69) is 0 Å². The molecule has 0 aromatic heterocycles. The maximum absolute atomic E-state index is 9.87. The van der Waals surface area contributed by atoms with Gasteiger partial charge in [-0.3, -0.25) is 0 Å². The highest BCUT2D eigenvalue weighted by atomic mass is 16.5. The lowest BCUT2D eigenvalue weighted by molar-refractivity contribution is -0.120. The first kappa shape index (κ1) is 11.4. The van der Waals surface area contributed by atoms with Gasteiger partial charge >= 0.3 is 0 Å². The van der Waals surface area contributed by atoms with Gasteiger partial charge in [-0.05, 0) is 31.6 Å². The SMILES string of the molecule is NC(CC(O)C1CCO1)C1CCCCC1. The van der Waals surface area contributed by atoms with Crippen LogP contribution in [0.15, 0.2) is 0 Å². The Balaban J connectivity index is 1.72. The van der Waals surface area contributed by atoms with Crippen LogP contribution in [0.3, 0.4) is 0 Å². The summed E-state index contributed by atoms with van der Waals surface area (Å²) < 4.78 is 5.28. The standard InChI is InChI=1S/C12H23NO2/c13-10(9-4-2-1-3-5-9)8-11(14)12-6-7-15-12/h9-12,14H,1-8,13H2. The van der Waals surface area contributed by atoms with E-state index in [0.717, 1.165) is 19.4 Å². The summed E-state index contributed by atoms with van der Waals surface area (Å²) in [6.07, 6.45) is 7.93. The number of aliphatic hydroxyl groups is 1. The Kier molecular flexibility index (Phi) is 4.00. The van der Waals surface area contributed by atoms with Gasteiger partial charge < -0.3 is 15.6 Å².